The highest BCUT2D eigenvalue weighted by Gasteiger charge is 2.47. The van der Waals surface area contributed by atoms with E-state index in [1.165, 1.54) is 76.8 Å². The van der Waals surface area contributed by atoms with E-state index < -0.39 is 0 Å². The van der Waals surface area contributed by atoms with E-state index in [9.17, 15) is 0 Å². The Morgan fingerprint density at radius 3 is 0.982 bits per heavy atom. The molecular weight excluding hydrogens is 1360 g/mol. The van der Waals surface area contributed by atoms with Gasteiger partial charge in [-0.1, -0.05) is 335 Å². The van der Waals surface area contributed by atoms with Crippen molar-refractivity contribution in [2.45, 2.75) is 78.6 Å². The minimum absolute atomic E-state index is 0.114. The fourth-order valence-corrected chi connectivity index (χ4v) is 18.1. The van der Waals surface area contributed by atoms with Gasteiger partial charge in [0.15, 0.2) is 0 Å². The lowest BCUT2D eigenvalue weighted by Gasteiger charge is -2.46. The first-order valence-corrected chi connectivity index (χ1v) is 39.9. The van der Waals surface area contributed by atoms with Crippen LogP contribution in [0.2, 0.25) is 0 Å². The van der Waals surface area contributed by atoms with Gasteiger partial charge in [-0.3, -0.25) is 0 Å². The molecule has 0 atom stereocenters. The Kier molecular flexibility index (Phi) is 16.4. The highest BCUT2D eigenvalue weighted by atomic mass is 15.2. The van der Waals surface area contributed by atoms with Gasteiger partial charge in [0.1, 0.15) is 0 Å². The topological polar surface area (TPSA) is 16.3 Å². The lowest BCUT2D eigenvalue weighted by molar-refractivity contribution is 0.569. The Labute approximate surface area is 663 Å². The molecule has 16 aromatic carbocycles. The number of aromatic nitrogens is 2. The zero-order chi connectivity index (χ0) is 76.6. The van der Waals surface area contributed by atoms with E-state index in [1.807, 2.05) is 0 Å². The van der Waals surface area contributed by atoms with E-state index in [-0.39, 0.29) is 23.0 Å². The summed E-state index contributed by atoms with van der Waals surface area (Å²) in [5.41, 5.74) is 36.7. The molecule has 2 aliphatic heterocycles. The van der Waals surface area contributed by atoms with Crippen molar-refractivity contribution in [3.63, 3.8) is 0 Å². The van der Waals surface area contributed by atoms with Crippen LogP contribution in [0.15, 0.2) is 364 Å². The van der Waals surface area contributed by atoms with Gasteiger partial charge in [-0.25, -0.2) is 0 Å². The largest absolute Gasteiger partial charge is 0.310 e. The minimum Gasteiger partial charge on any atom is -0.310 e. The molecule has 0 aliphatic carbocycles. The van der Waals surface area contributed by atoms with Crippen molar-refractivity contribution >= 4 is 101 Å². The summed E-state index contributed by atoms with van der Waals surface area (Å²) in [5, 5.41) is 4.82. The molecule has 20 rings (SSSR count). The first kappa shape index (κ1) is 69.0. The maximum Gasteiger partial charge on any atom is 0.252 e. The van der Waals surface area contributed by atoms with E-state index in [0.717, 1.165) is 123 Å². The number of benzene rings is 16. The summed E-state index contributed by atoms with van der Waals surface area (Å²) in [6.07, 6.45) is 0. The summed E-state index contributed by atoms with van der Waals surface area (Å²) in [6.45, 7) is 21.1. The van der Waals surface area contributed by atoms with Gasteiger partial charge in [0.2, 0.25) is 0 Å². The molecular formula is C108H87BN4. The molecule has 18 aromatic rings. The summed E-state index contributed by atoms with van der Waals surface area (Å²) < 4.78 is 5.02. The SMILES string of the molecule is CC(C)(C)c1cc(-c2ccc3c(c2)B2c4ccc(-n5c6ccccc6c6cc7c(cc65)c5ccccc5n7-c5ccccc5)cc4N(c4c(-c5ccccc5)cc(-c5ccccc5)cc4-c4ccccc4)c4cc(C(C)(C)C)cc(c42)N3c2c(-c3ccccc3)cc(-c3ccccc3)cc2-c2ccccc2)cc(C(C)(C)C)c1. The van der Waals surface area contributed by atoms with Gasteiger partial charge >= 0.3 is 0 Å². The lowest BCUT2D eigenvalue weighted by atomic mass is 9.33. The first-order chi connectivity index (χ1) is 55.0. The molecule has 0 N–H and O–H groups in total. The average molecular weight is 1450 g/mol. The maximum atomic E-state index is 2.74. The zero-order valence-corrected chi connectivity index (χ0v) is 65.5. The van der Waals surface area contributed by atoms with Crippen LogP contribution < -0.4 is 26.2 Å². The first-order valence-electron chi connectivity index (χ1n) is 39.9. The van der Waals surface area contributed by atoms with Crippen LogP contribution in [0.4, 0.5) is 34.1 Å². The molecule has 4 nitrogen and oxygen atoms in total. The molecule has 0 unspecified atom stereocenters. The quantitative estimate of drug-likeness (QED) is 0.120. The highest BCUT2D eigenvalue weighted by Crippen LogP contribution is 2.56. The number of anilines is 6. The van der Waals surface area contributed by atoms with Crippen LogP contribution in [0.3, 0.4) is 0 Å². The number of hydrogen-bond donors (Lipinski definition) is 0. The fraction of sp³-hybridized carbons (Fsp3) is 0.111. The van der Waals surface area contributed by atoms with Crippen molar-refractivity contribution < 1.29 is 0 Å². The van der Waals surface area contributed by atoms with Crippen LogP contribution in [-0.4, -0.2) is 15.8 Å². The normalized spacial score (nSPS) is 12.8. The maximum absolute atomic E-state index is 2.74. The van der Waals surface area contributed by atoms with Gasteiger partial charge in [-0.05, 0) is 196 Å². The average Bonchev–Trinajstić information content (AvgIpc) is 0.922. The number of rotatable bonds is 11. The van der Waals surface area contributed by atoms with Crippen LogP contribution in [0.1, 0.15) is 79.0 Å². The van der Waals surface area contributed by atoms with Crippen LogP contribution in [0, 0.1) is 0 Å². The van der Waals surface area contributed by atoms with Crippen LogP contribution in [0.25, 0.3) is 133 Å². The van der Waals surface area contributed by atoms with Crippen molar-refractivity contribution in [2.75, 3.05) is 9.80 Å². The van der Waals surface area contributed by atoms with Crippen molar-refractivity contribution in [1.82, 2.24) is 9.13 Å². The minimum atomic E-state index is -0.352. The van der Waals surface area contributed by atoms with Gasteiger partial charge in [0, 0.05) is 77.9 Å². The molecule has 0 spiro atoms. The van der Waals surface area contributed by atoms with Crippen LogP contribution in [0.5, 0.6) is 0 Å². The number of hydrogen-bond acceptors (Lipinski definition) is 2. The standard InChI is InChI=1S/C108H87BN4/c1-106(2,3)80-57-77(58-81(64-80)107(4,5)6)76-53-56-97-94(63-76)109-93-55-54-84(111-96-52-34-32-50-86(96)92-68-98-91(69-99(92)111)85-49-31-33-51-95(85)110(98)83-47-29-16-30-48-83)67-100(93)113(105-89(74-43-25-14-26-44-74)61-79(71-37-19-11-20-38-71)62-90(105)75-45-27-15-28-46-75)102-66-82(108(7,8)9)65-101(103(102)109)112(97)104-87(72-39-21-12-22-40-72)59-78(70-35-17-10-18-36-70)60-88(104)73-41-23-13-24-42-73/h10-69H,1-9H3. The van der Waals surface area contributed by atoms with Crippen LogP contribution in [-0.2, 0) is 16.2 Å². The molecule has 0 bridgehead atoms. The number of para-hydroxylation sites is 3. The Hall–Kier alpha value is -13.2. The van der Waals surface area contributed by atoms with Crippen LogP contribution >= 0.6 is 0 Å². The van der Waals surface area contributed by atoms with Crippen molar-refractivity contribution in [3.05, 3.63) is 381 Å². The molecule has 0 fully saturated rings. The molecule has 113 heavy (non-hydrogen) atoms. The predicted molar refractivity (Wildman–Crippen MR) is 483 cm³/mol. The molecule has 2 aliphatic rings. The Balaban J connectivity index is 0.961. The van der Waals surface area contributed by atoms with Crippen molar-refractivity contribution in [1.29, 1.82) is 0 Å². The summed E-state index contributed by atoms with van der Waals surface area (Å²) in [7, 11) is 0. The molecule has 542 valence electrons. The van der Waals surface area contributed by atoms with E-state index in [2.05, 4.69) is 445 Å². The second-order valence-electron chi connectivity index (χ2n) is 34.1. The fourth-order valence-electron chi connectivity index (χ4n) is 18.1. The molecule has 2 aromatic heterocycles. The number of nitrogens with zero attached hydrogens (tertiary/aromatic N) is 4. The molecule has 0 saturated heterocycles. The number of fused-ring (bicyclic) bond motifs is 10. The molecule has 4 heterocycles. The van der Waals surface area contributed by atoms with E-state index in [0.29, 0.717) is 0 Å². The van der Waals surface area contributed by atoms with E-state index in [4.69, 9.17) is 0 Å². The summed E-state index contributed by atoms with van der Waals surface area (Å²) in [4.78, 5) is 5.46. The monoisotopic (exact) mass is 1450 g/mol. The van der Waals surface area contributed by atoms with Crippen molar-refractivity contribution in [2.24, 2.45) is 0 Å². The zero-order valence-electron chi connectivity index (χ0n) is 65.5. The third-order valence-electron chi connectivity index (χ3n) is 23.9. The van der Waals surface area contributed by atoms with Gasteiger partial charge in [0.05, 0.1) is 33.4 Å². The molecule has 0 radical (unpaired) electrons. The van der Waals surface area contributed by atoms with E-state index in [1.54, 1.807) is 0 Å². The third kappa shape index (κ3) is 11.7. The Bertz CT molecular complexity index is 6610. The second kappa shape index (κ2) is 26.8. The molecule has 0 saturated carbocycles. The van der Waals surface area contributed by atoms with Gasteiger partial charge in [-0.15, -0.1) is 0 Å². The third-order valence-corrected chi connectivity index (χ3v) is 23.9. The second-order valence-corrected chi connectivity index (χ2v) is 34.1. The predicted octanol–water partition coefficient (Wildman–Crippen LogP) is 27.5. The van der Waals surface area contributed by atoms with E-state index >= 15 is 0 Å². The lowest BCUT2D eigenvalue weighted by Crippen LogP contribution is -2.61. The molecule has 5 heteroatoms. The Morgan fingerprint density at radius 1 is 0.212 bits per heavy atom. The Morgan fingerprint density at radius 2 is 0.566 bits per heavy atom. The van der Waals surface area contributed by atoms with Crippen molar-refractivity contribution in [3.8, 4) is 89.3 Å². The molecule has 0 amide bonds. The smallest absolute Gasteiger partial charge is 0.252 e. The van der Waals surface area contributed by atoms with Gasteiger partial charge in [-0.2, -0.15) is 0 Å². The highest BCUT2D eigenvalue weighted by molar-refractivity contribution is 7.00. The summed E-state index contributed by atoms with van der Waals surface area (Å²) in [5.74, 6) is 0. The van der Waals surface area contributed by atoms with Gasteiger partial charge in [0.25, 0.3) is 6.71 Å². The summed E-state index contributed by atoms with van der Waals surface area (Å²) in [6, 6.07) is 138. The van der Waals surface area contributed by atoms with Gasteiger partial charge < -0.3 is 18.9 Å². The summed E-state index contributed by atoms with van der Waals surface area (Å²) >= 11 is 0.